The summed E-state index contributed by atoms with van der Waals surface area (Å²) in [5, 5.41) is 15.1. The van der Waals surface area contributed by atoms with Gasteiger partial charge in [-0.3, -0.25) is 14.9 Å². The molecule has 0 spiro atoms. The number of benzene rings is 1. The van der Waals surface area contributed by atoms with Gasteiger partial charge >= 0.3 is 5.97 Å². The molecule has 1 atom stereocenters. The van der Waals surface area contributed by atoms with Crippen molar-refractivity contribution >= 4 is 11.9 Å². The molecule has 5 N–H and O–H groups in total. The van der Waals surface area contributed by atoms with Crippen LogP contribution in [0.4, 0.5) is 0 Å². The Morgan fingerprint density at radius 1 is 1.19 bits per heavy atom. The third-order valence-corrected chi connectivity index (χ3v) is 6.61. The number of rotatable bonds is 10. The number of nitrogens with one attached hydrogen (secondary N) is 2. The molecule has 1 aromatic rings. The van der Waals surface area contributed by atoms with Crippen LogP contribution in [0.25, 0.3) is 0 Å². The fraction of sp³-hybridized carbons (Fsp3) is 0.680. The number of hydrogen-bond donors (Lipinski definition) is 4. The van der Waals surface area contributed by atoms with Crippen LogP contribution < -0.4 is 16.4 Å². The van der Waals surface area contributed by atoms with Crippen LogP contribution in [-0.4, -0.2) is 29.2 Å². The van der Waals surface area contributed by atoms with E-state index in [9.17, 15) is 9.59 Å². The third kappa shape index (κ3) is 7.93. The molecule has 1 aliphatic rings. The Kier molecular flexibility index (Phi) is 9.07. The summed E-state index contributed by atoms with van der Waals surface area (Å²) < 4.78 is 0. The van der Waals surface area contributed by atoms with Crippen LogP contribution >= 0.6 is 0 Å². The number of carbonyl (C=O) groups is 2. The summed E-state index contributed by atoms with van der Waals surface area (Å²) >= 11 is 0. The standard InChI is InChI=1S/C25H41N3O3/c1-5-6-7-21(28-25(26)15-12-20(13-16-25)24(2,3)4)18-8-10-19(11-9-18)23(31)27-17-14-22(29)30/h8-11,20-21,28H,5-7,12-17,26H2,1-4H3,(H,27,31)(H,29,30)/t20?,21-,25?/m1/s1. The normalized spacial score (nSPS) is 22.7. The molecule has 1 fully saturated rings. The Morgan fingerprint density at radius 2 is 1.81 bits per heavy atom. The maximum absolute atomic E-state index is 12.2. The van der Waals surface area contributed by atoms with Crippen molar-refractivity contribution in [3.8, 4) is 0 Å². The molecular weight excluding hydrogens is 390 g/mol. The van der Waals surface area contributed by atoms with Crippen molar-refractivity contribution in [2.45, 2.75) is 90.8 Å². The molecule has 0 unspecified atom stereocenters. The molecule has 1 aliphatic carbocycles. The van der Waals surface area contributed by atoms with Gasteiger partial charge in [0.1, 0.15) is 0 Å². The van der Waals surface area contributed by atoms with E-state index in [1.165, 1.54) is 0 Å². The molecule has 2 rings (SSSR count). The molecule has 6 heteroatoms. The van der Waals surface area contributed by atoms with Crippen molar-refractivity contribution < 1.29 is 14.7 Å². The van der Waals surface area contributed by atoms with E-state index in [2.05, 4.69) is 38.3 Å². The molecule has 1 aromatic carbocycles. The van der Waals surface area contributed by atoms with Crippen molar-refractivity contribution in [1.82, 2.24) is 10.6 Å². The first-order valence-electron chi connectivity index (χ1n) is 11.7. The molecule has 0 bridgehead atoms. The Bertz CT molecular complexity index is 717. The van der Waals surface area contributed by atoms with E-state index in [0.29, 0.717) is 16.9 Å². The van der Waals surface area contributed by atoms with E-state index in [1.807, 2.05) is 24.3 Å². The van der Waals surface area contributed by atoms with Gasteiger partial charge in [0.05, 0.1) is 12.1 Å². The molecule has 0 radical (unpaired) electrons. The number of unbranched alkanes of at least 4 members (excludes halogenated alkanes) is 1. The zero-order valence-corrected chi connectivity index (χ0v) is 19.7. The van der Waals surface area contributed by atoms with Gasteiger partial charge in [-0.2, -0.15) is 0 Å². The highest BCUT2D eigenvalue weighted by atomic mass is 16.4. The number of nitrogens with two attached hydrogens (primary N) is 1. The van der Waals surface area contributed by atoms with Crippen molar-refractivity contribution in [2.24, 2.45) is 17.1 Å². The van der Waals surface area contributed by atoms with Crippen molar-refractivity contribution in [2.75, 3.05) is 6.54 Å². The Labute approximate surface area is 187 Å². The van der Waals surface area contributed by atoms with Crippen LogP contribution in [0.1, 0.15) is 101 Å². The van der Waals surface area contributed by atoms with Crippen LogP contribution in [0.3, 0.4) is 0 Å². The van der Waals surface area contributed by atoms with E-state index < -0.39 is 5.97 Å². The van der Waals surface area contributed by atoms with Gasteiger partial charge in [0, 0.05) is 18.2 Å². The van der Waals surface area contributed by atoms with Crippen LogP contribution in [0.5, 0.6) is 0 Å². The van der Waals surface area contributed by atoms with Gasteiger partial charge < -0.3 is 16.2 Å². The lowest BCUT2D eigenvalue weighted by molar-refractivity contribution is -0.136. The Morgan fingerprint density at radius 3 is 2.32 bits per heavy atom. The van der Waals surface area contributed by atoms with Gasteiger partial charge in [-0.05, 0) is 61.1 Å². The van der Waals surface area contributed by atoms with Crippen molar-refractivity contribution in [3.05, 3.63) is 35.4 Å². The van der Waals surface area contributed by atoms with Crippen molar-refractivity contribution in [1.29, 1.82) is 0 Å². The highest BCUT2D eigenvalue weighted by molar-refractivity contribution is 5.94. The highest BCUT2D eigenvalue weighted by Gasteiger charge is 2.37. The fourth-order valence-electron chi connectivity index (χ4n) is 4.47. The van der Waals surface area contributed by atoms with Gasteiger partial charge in [0.2, 0.25) is 0 Å². The zero-order chi connectivity index (χ0) is 23.1. The van der Waals surface area contributed by atoms with Crippen LogP contribution in [0.2, 0.25) is 0 Å². The number of carbonyl (C=O) groups excluding carboxylic acids is 1. The van der Waals surface area contributed by atoms with Gasteiger partial charge in [-0.15, -0.1) is 0 Å². The third-order valence-electron chi connectivity index (χ3n) is 6.61. The van der Waals surface area contributed by atoms with E-state index in [0.717, 1.165) is 50.5 Å². The maximum atomic E-state index is 12.2. The Balaban J connectivity index is 2.03. The Hall–Kier alpha value is -1.92. The largest absolute Gasteiger partial charge is 0.481 e. The first-order chi connectivity index (χ1) is 14.5. The lowest BCUT2D eigenvalue weighted by Gasteiger charge is -2.44. The quantitative estimate of drug-likeness (QED) is 0.405. The second kappa shape index (κ2) is 11.1. The lowest BCUT2D eigenvalue weighted by atomic mass is 9.69. The first-order valence-corrected chi connectivity index (χ1v) is 11.7. The molecule has 6 nitrogen and oxygen atoms in total. The van der Waals surface area contributed by atoms with Crippen molar-refractivity contribution in [3.63, 3.8) is 0 Å². The molecule has 174 valence electrons. The number of hydrogen-bond acceptors (Lipinski definition) is 4. The van der Waals surface area contributed by atoms with Crippen LogP contribution in [0, 0.1) is 11.3 Å². The van der Waals surface area contributed by atoms with E-state index in [1.54, 1.807) is 0 Å². The minimum Gasteiger partial charge on any atom is -0.481 e. The van der Waals surface area contributed by atoms with E-state index in [-0.39, 0.29) is 30.6 Å². The molecule has 0 saturated heterocycles. The van der Waals surface area contributed by atoms with Gasteiger partial charge in [-0.1, -0.05) is 52.7 Å². The van der Waals surface area contributed by atoms with Gasteiger partial charge in [0.15, 0.2) is 0 Å². The molecule has 0 aromatic heterocycles. The topological polar surface area (TPSA) is 104 Å². The minimum atomic E-state index is -0.923. The van der Waals surface area contributed by atoms with Gasteiger partial charge in [0.25, 0.3) is 5.91 Å². The van der Waals surface area contributed by atoms with Crippen LogP contribution in [0.15, 0.2) is 24.3 Å². The van der Waals surface area contributed by atoms with Gasteiger partial charge in [-0.25, -0.2) is 0 Å². The second-order valence-corrected chi connectivity index (χ2v) is 10.2. The molecule has 1 amide bonds. The summed E-state index contributed by atoms with van der Waals surface area (Å²) in [4.78, 5) is 22.8. The maximum Gasteiger partial charge on any atom is 0.305 e. The number of aliphatic carboxylic acids is 1. The molecule has 0 aliphatic heterocycles. The molecule has 1 saturated carbocycles. The monoisotopic (exact) mass is 431 g/mol. The number of carboxylic acid groups (broad SMARTS) is 1. The highest BCUT2D eigenvalue weighted by Crippen LogP contribution is 2.40. The predicted octanol–water partition coefficient (Wildman–Crippen LogP) is 4.60. The average Bonchev–Trinajstić information content (AvgIpc) is 2.70. The molecule has 31 heavy (non-hydrogen) atoms. The average molecular weight is 432 g/mol. The minimum absolute atomic E-state index is 0.0819. The molecular formula is C25H41N3O3. The summed E-state index contributed by atoms with van der Waals surface area (Å²) in [7, 11) is 0. The van der Waals surface area contributed by atoms with E-state index >= 15 is 0 Å². The SMILES string of the molecule is CCCC[C@@H](NC1(N)CCC(C(C)(C)C)CC1)c1ccc(C(=O)NCCC(=O)O)cc1. The summed E-state index contributed by atoms with van der Waals surface area (Å²) in [5.74, 6) is -0.464. The second-order valence-electron chi connectivity index (χ2n) is 10.2. The van der Waals surface area contributed by atoms with Crippen LogP contribution in [-0.2, 0) is 4.79 Å². The zero-order valence-electron chi connectivity index (χ0n) is 19.7. The fourth-order valence-corrected chi connectivity index (χ4v) is 4.47. The number of carboxylic acids is 1. The smallest absolute Gasteiger partial charge is 0.305 e. The number of amides is 1. The molecule has 0 heterocycles. The summed E-state index contributed by atoms with van der Waals surface area (Å²) in [6.07, 6.45) is 7.38. The summed E-state index contributed by atoms with van der Waals surface area (Å²) in [5.41, 5.74) is 8.45. The summed E-state index contributed by atoms with van der Waals surface area (Å²) in [6.45, 7) is 9.27. The van der Waals surface area contributed by atoms with E-state index in [4.69, 9.17) is 10.8 Å². The predicted molar refractivity (Wildman–Crippen MR) is 125 cm³/mol. The lowest BCUT2D eigenvalue weighted by Crippen LogP contribution is -2.57. The first kappa shape index (κ1) is 25.3. The summed E-state index contributed by atoms with van der Waals surface area (Å²) in [6, 6.07) is 7.75.